The second-order valence-electron chi connectivity index (χ2n) is 3.91. The Morgan fingerprint density at radius 3 is 2.73 bits per heavy atom. The van der Waals surface area contributed by atoms with Gasteiger partial charge in [0.1, 0.15) is 5.78 Å². The van der Waals surface area contributed by atoms with E-state index in [0.717, 1.165) is 13.0 Å². The van der Waals surface area contributed by atoms with Crippen molar-refractivity contribution in [3.63, 3.8) is 0 Å². The Balaban J connectivity index is 2.07. The lowest BCUT2D eigenvalue weighted by molar-refractivity contribution is -0.116. The smallest absolute Gasteiger partial charge is 0.315 e. The lowest BCUT2D eigenvalue weighted by Gasteiger charge is -2.23. The van der Waals surface area contributed by atoms with Crippen molar-refractivity contribution in [3.05, 3.63) is 0 Å². The molecule has 86 valence electrons. The van der Waals surface area contributed by atoms with Crippen LogP contribution < -0.4 is 16.0 Å². The average Bonchev–Trinajstić information content (AvgIpc) is 2.25. The van der Waals surface area contributed by atoms with Gasteiger partial charge in [0.05, 0.1) is 6.54 Å². The first-order chi connectivity index (χ1) is 7.18. The van der Waals surface area contributed by atoms with Gasteiger partial charge < -0.3 is 16.0 Å². The molecule has 0 aliphatic carbocycles. The number of Topliss-reactive ketones (excluding diaryl/α,β-unsaturated/α-hetero) is 1. The van der Waals surface area contributed by atoms with Gasteiger partial charge in [0.25, 0.3) is 0 Å². The van der Waals surface area contributed by atoms with Gasteiger partial charge >= 0.3 is 6.03 Å². The maximum absolute atomic E-state index is 11.2. The minimum absolute atomic E-state index is 0.0408. The number of hydrogen-bond acceptors (Lipinski definition) is 3. The summed E-state index contributed by atoms with van der Waals surface area (Å²) in [4.78, 5) is 21.8. The summed E-state index contributed by atoms with van der Waals surface area (Å²) in [6.45, 7) is 3.21. The fourth-order valence-electron chi connectivity index (χ4n) is 1.58. The van der Waals surface area contributed by atoms with Gasteiger partial charge in [-0.15, -0.1) is 0 Å². The third-order valence-electron chi connectivity index (χ3n) is 2.42. The number of carbonyl (C=O) groups excluding carboxylic acids is 2. The Morgan fingerprint density at radius 1 is 1.33 bits per heavy atom. The zero-order valence-corrected chi connectivity index (χ0v) is 9.14. The number of amides is 2. The molecule has 0 spiro atoms. The molecule has 1 rings (SSSR count). The van der Waals surface area contributed by atoms with Gasteiger partial charge in [-0.1, -0.05) is 6.42 Å². The molecule has 0 radical (unpaired) electrons. The number of ketones is 1. The van der Waals surface area contributed by atoms with Crippen LogP contribution in [-0.4, -0.2) is 37.5 Å². The standard InChI is InChI=1S/C10H19N3O2/c1-8(14)6-12-10(15)13-7-9-4-2-3-5-11-9/h9,11H,2-7H2,1H3,(H2,12,13,15). The highest BCUT2D eigenvalue weighted by molar-refractivity contribution is 5.83. The van der Waals surface area contributed by atoms with E-state index < -0.39 is 0 Å². The highest BCUT2D eigenvalue weighted by Crippen LogP contribution is 2.05. The predicted molar refractivity (Wildman–Crippen MR) is 57.7 cm³/mol. The number of carbonyl (C=O) groups is 2. The lowest BCUT2D eigenvalue weighted by atomic mass is 10.1. The minimum Gasteiger partial charge on any atom is -0.337 e. The molecule has 1 aliphatic rings. The van der Waals surface area contributed by atoms with Crippen LogP contribution in [0.15, 0.2) is 0 Å². The maximum Gasteiger partial charge on any atom is 0.315 e. The zero-order valence-electron chi connectivity index (χ0n) is 9.14. The van der Waals surface area contributed by atoms with Crippen LogP contribution in [0, 0.1) is 0 Å². The van der Waals surface area contributed by atoms with Gasteiger partial charge in [-0.05, 0) is 26.3 Å². The van der Waals surface area contributed by atoms with Gasteiger partial charge in [0.15, 0.2) is 0 Å². The molecule has 0 aromatic carbocycles. The summed E-state index contributed by atoms with van der Waals surface area (Å²) in [6.07, 6.45) is 3.54. The van der Waals surface area contributed by atoms with Crippen LogP contribution in [0.25, 0.3) is 0 Å². The third-order valence-corrected chi connectivity index (χ3v) is 2.42. The number of piperidine rings is 1. The zero-order chi connectivity index (χ0) is 11.1. The summed E-state index contributed by atoms with van der Waals surface area (Å²) in [5.74, 6) is -0.0408. The monoisotopic (exact) mass is 213 g/mol. The largest absolute Gasteiger partial charge is 0.337 e. The third kappa shape index (κ3) is 5.37. The predicted octanol–water partition coefficient (Wildman–Crippen LogP) is 0.0167. The Morgan fingerprint density at radius 2 is 2.13 bits per heavy atom. The molecule has 3 N–H and O–H groups in total. The molecule has 0 bridgehead atoms. The number of urea groups is 1. The van der Waals surface area contributed by atoms with E-state index in [1.165, 1.54) is 19.8 Å². The molecule has 15 heavy (non-hydrogen) atoms. The van der Waals surface area contributed by atoms with E-state index in [2.05, 4.69) is 16.0 Å². The molecule has 0 saturated carbocycles. The molecule has 2 amide bonds. The summed E-state index contributed by atoms with van der Waals surface area (Å²) in [6, 6.07) is 0.111. The molecule has 1 aliphatic heterocycles. The molecule has 0 aromatic rings. The summed E-state index contributed by atoms with van der Waals surface area (Å²) in [5, 5.41) is 8.57. The summed E-state index contributed by atoms with van der Waals surface area (Å²) >= 11 is 0. The highest BCUT2D eigenvalue weighted by atomic mass is 16.2. The first kappa shape index (κ1) is 12.0. The van der Waals surface area contributed by atoms with Gasteiger partial charge in [-0.2, -0.15) is 0 Å². The van der Waals surface area contributed by atoms with Crippen molar-refractivity contribution < 1.29 is 9.59 Å². The molecule has 5 nitrogen and oxygen atoms in total. The quantitative estimate of drug-likeness (QED) is 0.616. The van der Waals surface area contributed by atoms with Crippen LogP contribution in [0.5, 0.6) is 0 Å². The molecule has 0 aromatic heterocycles. The fraction of sp³-hybridized carbons (Fsp3) is 0.800. The normalized spacial score (nSPS) is 20.7. The van der Waals surface area contributed by atoms with Crippen LogP contribution in [-0.2, 0) is 4.79 Å². The Bertz CT molecular complexity index is 225. The van der Waals surface area contributed by atoms with E-state index in [1.54, 1.807) is 0 Å². The molecule has 1 heterocycles. The molecule has 1 atom stereocenters. The van der Waals surface area contributed by atoms with E-state index in [-0.39, 0.29) is 18.4 Å². The summed E-state index contributed by atoms with van der Waals surface area (Å²) < 4.78 is 0. The summed E-state index contributed by atoms with van der Waals surface area (Å²) in [7, 11) is 0. The van der Waals surface area contributed by atoms with Crippen LogP contribution in [0.2, 0.25) is 0 Å². The SMILES string of the molecule is CC(=O)CNC(=O)NCC1CCCCN1. The van der Waals surface area contributed by atoms with Gasteiger partial charge in [-0.25, -0.2) is 4.79 Å². The van der Waals surface area contributed by atoms with E-state index in [9.17, 15) is 9.59 Å². The van der Waals surface area contributed by atoms with Crippen molar-refractivity contribution in [1.29, 1.82) is 0 Å². The van der Waals surface area contributed by atoms with Crippen molar-refractivity contribution in [2.45, 2.75) is 32.2 Å². The molecular weight excluding hydrogens is 194 g/mol. The topological polar surface area (TPSA) is 70.2 Å². The number of nitrogens with one attached hydrogen (secondary N) is 3. The average molecular weight is 213 g/mol. The van der Waals surface area contributed by atoms with Crippen LogP contribution in [0.3, 0.4) is 0 Å². The van der Waals surface area contributed by atoms with Crippen molar-refractivity contribution in [3.8, 4) is 0 Å². The van der Waals surface area contributed by atoms with Crippen molar-refractivity contribution in [2.24, 2.45) is 0 Å². The van der Waals surface area contributed by atoms with E-state index >= 15 is 0 Å². The van der Waals surface area contributed by atoms with Gasteiger partial charge in [0.2, 0.25) is 0 Å². The Kier molecular flexibility index (Phi) is 5.10. The van der Waals surface area contributed by atoms with Crippen LogP contribution in [0.4, 0.5) is 4.79 Å². The van der Waals surface area contributed by atoms with E-state index in [4.69, 9.17) is 0 Å². The molecule has 1 fully saturated rings. The van der Waals surface area contributed by atoms with Crippen molar-refractivity contribution in [1.82, 2.24) is 16.0 Å². The minimum atomic E-state index is -0.266. The van der Waals surface area contributed by atoms with E-state index in [1.807, 2.05) is 0 Å². The maximum atomic E-state index is 11.2. The van der Waals surface area contributed by atoms with E-state index in [0.29, 0.717) is 12.6 Å². The Labute approximate surface area is 90.0 Å². The molecular formula is C10H19N3O2. The summed E-state index contributed by atoms with van der Waals surface area (Å²) in [5.41, 5.74) is 0. The lowest BCUT2D eigenvalue weighted by Crippen LogP contribution is -2.46. The van der Waals surface area contributed by atoms with Crippen molar-refractivity contribution >= 4 is 11.8 Å². The van der Waals surface area contributed by atoms with Gasteiger partial charge in [0, 0.05) is 12.6 Å². The highest BCUT2D eigenvalue weighted by Gasteiger charge is 2.12. The van der Waals surface area contributed by atoms with Crippen LogP contribution >= 0.6 is 0 Å². The molecule has 1 saturated heterocycles. The second kappa shape index (κ2) is 6.40. The Hall–Kier alpha value is -1.10. The molecule has 5 heteroatoms. The second-order valence-corrected chi connectivity index (χ2v) is 3.91. The van der Waals surface area contributed by atoms with Crippen LogP contribution in [0.1, 0.15) is 26.2 Å². The first-order valence-electron chi connectivity index (χ1n) is 5.43. The first-order valence-corrected chi connectivity index (χ1v) is 5.43. The number of hydrogen-bond donors (Lipinski definition) is 3. The fourth-order valence-corrected chi connectivity index (χ4v) is 1.58. The number of rotatable bonds is 4. The molecule has 1 unspecified atom stereocenters. The van der Waals surface area contributed by atoms with Gasteiger partial charge in [-0.3, -0.25) is 4.79 Å². The van der Waals surface area contributed by atoms with Crippen molar-refractivity contribution in [2.75, 3.05) is 19.6 Å².